The van der Waals surface area contributed by atoms with E-state index in [4.69, 9.17) is 5.73 Å². The summed E-state index contributed by atoms with van der Waals surface area (Å²) in [5.74, 6) is 0.766. The van der Waals surface area contributed by atoms with Crippen LogP contribution >= 0.6 is 0 Å². The van der Waals surface area contributed by atoms with Crippen LogP contribution in [-0.2, 0) is 13.0 Å². The van der Waals surface area contributed by atoms with Crippen LogP contribution in [0.1, 0.15) is 11.1 Å². The lowest BCUT2D eigenvalue weighted by molar-refractivity contribution is 0.549. The quantitative estimate of drug-likeness (QED) is 0.861. The molecule has 0 aliphatic carbocycles. The van der Waals surface area contributed by atoms with Gasteiger partial charge in [0.15, 0.2) is 0 Å². The second-order valence-corrected chi connectivity index (χ2v) is 4.54. The lowest BCUT2D eigenvalue weighted by Crippen LogP contribution is -2.45. The van der Waals surface area contributed by atoms with E-state index in [2.05, 4.69) is 39.1 Å². The van der Waals surface area contributed by atoms with Gasteiger partial charge in [0.1, 0.15) is 0 Å². The van der Waals surface area contributed by atoms with E-state index in [1.165, 1.54) is 11.1 Å². The van der Waals surface area contributed by atoms with E-state index in [1.807, 2.05) is 6.07 Å². The summed E-state index contributed by atoms with van der Waals surface area (Å²) in [6, 6.07) is 10.6. The molecule has 18 heavy (non-hydrogen) atoms. The molecule has 1 atom stereocenters. The Balaban J connectivity index is 1.96. The Hall–Kier alpha value is -1.94. The van der Waals surface area contributed by atoms with Crippen LogP contribution in [0.2, 0.25) is 0 Å². The van der Waals surface area contributed by atoms with Crippen molar-refractivity contribution < 1.29 is 0 Å². The van der Waals surface area contributed by atoms with Crippen molar-refractivity contribution in [1.29, 1.82) is 0 Å². The molecule has 4 heteroatoms. The first-order valence-electron chi connectivity index (χ1n) is 6.19. The number of aromatic nitrogens is 2. The van der Waals surface area contributed by atoms with Crippen molar-refractivity contribution in [3.63, 3.8) is 0 Å². The van der Waals surface area contributed by atoms with Gasteiger partial charge in [0.2, 0.25) is 5.95 Å². The number of fused-ring (bicyclic) bond motifs is 1. The molecular formula is C14H16N4. The van der Waals surface area contributed by atoms with Gasteiger partial charge < -0.3 is 10.6 Å². The van der Waals surface area contributed by atoms with Crippen molar-refractivity contribution in [2.24, 2.45) is 5.73 Å². The minimum Gasteiger partial charge on any atom is -0.332 e. The van der Waals surface area contributed by atoms with Gasteiger partial charge in [-0.25, -0.2) is 9.97 Å². The third-order valence-electron chi connectivity index (χ3n) is 3.44. The minimum absolute atomic E-state index is 0.280. The first-order chi connectivity index (χ1) is 8.88. The summed E-state index contributed by atoms with van der Waals surface area (Å²) in [6.07, 6.45) is 4.51. The van der Waals surface area contributed by atoms with Crippen molar-refractivity contribution in [3.8, 4) is 0 Å². The number of hydrogen-bond donors (Lipinski definition) is 1. The molecule has 1 aliphatic heterocycles. The smallest absolute Gasteiger partial charge is 0.225 e. The molecule has 2 N–H and O–H groups in total. The standard InChI is InChI=1S/C14H16N4/c15-9-13-8-11-4-1-2-5-12(11)10-18(13)14-16-6-3-7-17-14/h1-7,13H,8-10,15H2. The third kappa shape index (κ3) is 1.95. The monoisotopic (exact) mass is 240 g/mol. The molecular weight excluding hydrogens is 224 g/mol. The summed E-state index contributed by atoms with van der Waals surface area (Å²) in [4.78, 5) is 10.9. The van der Waals surface area contributed by atoms with Gasteiger partial charge in [-0.05, 0) is 23.6 Å². The van der Waals surface area contributed by atoms with Crippen LogP contribution in [0.4, 0.5) is 5.95 Å². The highest BCUT2D eigenvalue weighted by Crippen LogP contribution is 2.25. The molecule has 1 aliphatic rings. The average molecular weight is 240 g/mol. The summed E-state index contributed by atoms with van der Waals surface area (Å²) < 4.78 is 0. The molecule has 2 heterocycles. The Morgan fingerprint density at radius 2 is 1.83 bits per heavy atom. The number of rotatable bonds is 2. The van der Waals surface area contributed by atoms with Gasteiger partial charge in [0.25, 0.3) is 0 Å². The van der Waals surface area contributed by atoms with E-state index in [0.29, 0.717) is 6.54 Å². The molecule has 2 aromatic rings. The summed E-state index contributed by atoms with van der Waals surface area (Å²) in [6.45, 7) is 1.45. The highest BCUT2D eigenvalue weighted by molar-refractivity contribution is 5.41. The largest absolute Gasteiger partial charge is 0.332 e. The summed E-state index contributed by atoms with van der Waals surface area (Å²) >= 11 is 0. The van der Waals surface area contributed by atoms with Gasteiger partial charge in [-0.1, -0.05) is 24.3 Å². The molecule has 0 radical (unpaired) electrons. The van der Waals surface area contributed by atoms with Crippen molar-refractivity contribution in [2.75, 3.05) is 11.4 Å². The van der Waals surface area contributed by atoms with Crippen molar-refractivity contribution in [1.82, 2.24) is 9.97 Å². The molecule has 1 aromatic heterocycles. The lowest BCUT2D eigenvalue weighted by atomic mass is 9.94. The van der Waals surface area contributed by atoms with E-state index >= 15 is 0 Å². The second kappa shape index (κ2) is 4.74. The molecule has 4 nitrogen and oxygen atoms in total. The normalized spacial score (nSPS) is 18.5. The van der Waals surface area contributed by atoms with Gasteiger partial charge in [0.05, 0.1) is 0 Å². The molecule has 1 aromatic carbocycles. The van der Waals surface area contributed by atoms with Gasteiger partial charge in [-0.15, -0.1) is 0 Å². The van der Waals surface area contributed by atoms with Crippen LogP contribution in [-0.4, -0.2) is 22.6 Å². The Kier molecular flexibility index (Phi) is 2.94. The zero-order valence-corrected chi connectivity index (χ0v) is 10.2. The fourth-order valence-corrected chi connectivity index (χ4v) is 2.47. The number of hydrogen-bond acceptors (Lipinski definition) is 4. The maximum atomic E-state index is 5.89. The van der Waals surface area contributed by atoms with Gasteiger partial charge >= 0.3 is 0 Å². The van der Waals surface area contributed by atoms with E-state index in [1.54, 1.807) is 12.4 Å². The highest BCUT2D eigenvalue weighted by Gasteiger charge is 2.26. The van der Waals surface area contributed by atoms with Crippen LogP contribution in [0.5, 0.6) is 0 Å². The molecule has 1 unspecified atom stereocenters. The van der Waals surface area contributed by atoms with E-state index in [0.717, 1.165) is 18.9 Å². The molecule has 0 fully saturated rings. The first-order valence-corrected chi connectivity index (χ1v) is 6.19. The maximum Gasteiger partial charge on any atom is 0.225 e. The second-order valence-electron chi connectivity index (χ2n) is 4.54. The Morgan fingerprint density at radius 1 is 1.11 bits per heavy atom. The summed E-state index contributed by atoms with van der Waals surface area (Å²) in [5.41, 5.74) is 8.62. The Bertz CT molecular complexity index is 526. The number of benzene rings is 1. The fraction of sp³-hybridized carbons (Fsp3) is 0.286. The van der Waals surface area contributed by atoms with Crippen LogP contribution in [0, 0.1) is 0 Å². The zero-order chi connectivity index (χ0) is 12.4. The molecule has 0 saturated carbocycles. The molecule has 0 bridgehead atoms. The van der Waals surface area contributed by atoms with Gasteiger partial charge in [-0.3, -0.25) is 0 Å². The van der Waals surface area contributed by atoms with Gasteiger partial charge in [-0.2, -0.15) is 0 Å². The van der Waals surface area contributed by atoms with Crippen LogP contribution < -0.4 is 10.6 Å². The number of anilines is 1. The van der Waals surface area contributed by atoms with Crippen molar-refractivity contribution in [3.05, 3.63) is 53.9 Å². The van der Waals surface area contributed by atoms with Crippen LogP contribution in [0.3, 0.4) is 0 Å². The SMILES string of the molecule is NCC1Cc2ccccc2CN1c1ncccn1. The number of nitrogens with zero attached hydrogens (tertiary/aromatic N) is 3. The zero-order valence-electron chi connectivity index (χ0n) is 10.2. The molecule has 0 spiro atoms. The number of nitrogens with two attached hydrogens (primary N) is 1. The topological polar surface area (TPSA) is 55.0 Å². The maximum absolute atomic E-state index is 5.89. The molecule has 92 valence electrons. The van der Waals surface area contributed by atoms with Crippen LogP contribution in [0.15, 0.2) is 42.7 Å². The van der Waals surface area contributed by atoms with Crippen molar-refractivity contribution >= 4 is 5.95 Å². The predicted octanol–water partition coefficient (Wildman–Crippen LogP) is 1.37. The summed E-state index contributed by atoms with van der Waals surface area (Å²) in [5, 5.41) is 0. The molecule has 0 amide bonds. The lowest BCUT2D eigenvalue weighted by Gasteiger charge is -2.36. The Labute approximate surface area is 106 Å². The van der Waals surface area contributed by atoms with E-state index in [-0.39, 0.29) is 6.04 Å². The highest BCUT2D eigenvalue weighted by atomic mass is 15.3. The van der Waals surface area contributed by atoms with Crippen LogP contribution in [0.25, 0.3) is 0 Å². The molecule has 3 rings (SSSR count). The molecule has 0 saturated heterocycles. The van der Waals surface area contributed by atoms with Gasteiger partial charge in [0, 0.05) is 31.5 Å². The average Bonchev–Trinajstić information content (AvgIpc) is 2.46. The van der Waals surface area contributed by atoms with Crippen molar-refractivity contribution in [2.45, 2.75) is 19.0 Å². The van der Waals surface area contributed by atoms with E-state index < -0.39 is 0 Å². The minimum atomic E-state index is 0.280. The third-order valence-corrected chi connectivity index (χ3v) is 3.44. The predicted molar refractivity (Wildman–Crippen MR) is 71.2 cm³/mol. The Morgan fingerprint density at radius 3 is 2.56 bits per heavy atom. The summed E-state index contributed by atoms with van der Waals surface area (Å²) in [7, 11) is 0. The van der Waals surface area contributed by atoms with E-state index in [9.17, 15) is 0 Å². The first kappa shape index (κ1) is 11.2. The fourth-order valence-electron chi connectivity index (χ4n) is 2.47.